The lowest BCUT2D eigenvalue weighted by Crippen LogP contribution is -2.33. The molecule has 1 aliphatic rings. The molecule has 4 rings (SSSR count). The van der Waals surface area contributed by atoms with Gasteiger partial charge in [0.2, 0.25) is 0 Å². The molecule has 2 aromatic carbocycles. The van der Waals surface area contributed by atoms with E-state index in [1.54, 1.807) is 36.3 Å². The quantitative estimate of drug-likeness (QED) is 0.445. The summed E-state index contributed by atoms with van der Waals surface area (Å²) in [6.45, 7) is 7.00. The zero-order valence-corrected chi connectivity index (χ0v) is 21.5. The van der Waals surface area contributed by atoms with Crippen LogP contribution in [0.15, 0.2) is 36.7 Å². The van der Waals surface area contributed by atoms with Gasteiger partial charge in [-0.05, 0) is 57.9 Å². The Morgan fingerprint density at radius 3 is 2.69 bits per heavy atom. The molecule has 3 aromatic rings. The maximum Gasteiger partial charge on any atom is 0.414 e. The van der Waals surface area contributed by atoms with Gasteiger partial charge in [0.1, 0.15) is 17.9 Å². The van der Waals surface area contributed by atoms with Crippen molar-refractivity contribution in [2.24, 2.45) is 0 Å². The molecular formula is C26H31ClFN5O3. The molecule has 1 aromatic heterocycles. The molecule has 0 radical (unpaired) electrons. The molecule has 0 aliphatic carbocycles. The van der Waals surface area contributed by atoms with Crippen LogP contribution < -0.4 is 15.0 Å². The summed E-state index contributed by atoms with van der Waals surface area (Å²) >= 11 is 5.95. The van der Waals surface area contributed by atoms with Crippen molar-refractivity contribution in [3.05, 3.63) is 47.5 Å². The van der Waals surface area contributed by atoms with E-state index in [1.807, 2.05) is 0 Å². The highest BCUT2D eigenvalue weighted by atomic mass is 35.5. The topological polar surface area (TPSA) is 79.8 Å². The molecule has 1 saturated heterocycles. The van der Waals surface area contributed by atoms with E-state index in [-0.39, 0.29) is 10.7 Å². The van der Waals surface area contributed by atoms with Crippen LogP contribution in [0.2, 0.25) is 5.02 Å². The molecule has 0 atom stereocenters. The van der Waals surface area contributed by atoms with Crippen molar-refractivity contribution in [3.63, 3.8) is 0 Å². The van der Waals surface area contributed by atoms with Crippen LogP contribution in [-0.2, 0) is 4.74 Å². The Bertz CT molecular complexity index is 1230. The fraction of sp³-hybridized carbons (Fsp3) is 0.423. The zero-order chi connectivity index (χ0) is 25.7. The summed E-state index contributed by atoms with van der Waals surface area (Å²) in [5, 5.41) is 3.61. The monoisotopic (exact) mass is 515 g/mol. The lowest BCUT2D eigenvalue weighted by atomic mass is 10.1. The van der Waals surface area contributed by atoms with E-state index in [1.165, 1.54) is 12.4 Å². The predicted octanol–water partition coefficient (Wildman–Crippen LogP) is 6.01. The van der Waals surface area contributed by atoms with Gasteiger partial charge >= 0.3 is 6.09 Å². The van der Waals surface area contributed by atoms with E-state index >= 15 is 0 Å². The van der Waals surface area contributed by atoms with Crippen molar-refractivity contribution >= 4 is 45.8 Å². The highest BCUT2D eigenvalue weighted by Crippen LogP contribution is 2.36. The van der Waals surface area contributed by atoms with Crippen LogP contribution in [0.3, 0.4) is 0 Å². The number of fused-ring (bicyclic) bond motifs is 1. The van der Waals surface area contributed by atoms with Crippen LogP contribution in [0.4, 0.5) is 26.4 Å². The van der Waals surface area contributed by atoms with Gasteiger partial charge in [-0.1, -0.05) is 17.7 Å². The first kappa shape index (κ1) is 25.9. The van der Waals surface area contributed by atoms with Gasteiger partial charge in [-0.15, -0.1) is 0 Å². The number of ether oxygens (including phenoxy) is 2. The second-order valence-corrected chi connectivity index (χ2v) is 9.35. The Morgan fingerprint density at radius 2 is 1.92 bits per heavy atom. The average molecular weight is 516 g/mol. The SMILES string of the molecule is COc1cc2ncnc(Nc3cccc(Cl)c3F)c2cc1N1CCCCN(C(C)C)CCCOC1=O. The molecule has 1 amide bonds. The van der Waals surface area contributed by atoms with E-state index in [2.05, 4.69) is 34.0 Å². The van der Waals surface area contributed by atoms with E-state index < -0.39 is 11.9 Å². The minimum Gasteiger partial charge on any atom is -0.494 e. The number of methoxy groups -OCH3 is 1. The summed E-state index contributed by atoms with van der Waals surface area (Å²) in [6, 6.07) is 8.66. The molecule has 1 N–H and O–H groups in total. The summed E-state index contributed by atoms with van der Waals surface area (Å²) in [5.74, 6) is 0.284. The van der Waals surface area contributed by atoms with Gasteiger partial charge in [0, 0.05) is 30.6 Å². The number of amides is 1. The minimum atomic E-state index is -0.578. The fourth-order valence-electron chi connectivity index (χ4n) is 4.30. The molecule has 10 heteroatoms. The Morgan fingerprint density at radius 1 is 1.14 bits per heavy atom. The molecule has 0 bridgehead atoms. The van der Waals surface area contributed by atoms with Crippen molar-refractivity contribution in [3.8, 4) is 5.75 Å². The van der Waals surface area contributed by atoms with Crippen molar-refractivity contribution in [2.75, 3.05) is 43.6 Å². The standard InChI is InChI=1S/C26H31ClFN5O3/c1-17(2)32-10-4-5-12-33(26(34)36-13-7-11-32)22-14-18-21(15-23(22)35-3)29-16-30-25(18)31-20-9-6-8-19(27)24(20)28/h6,8-9,14-17H,4-5,7,10-13H2,1-3H3,(H,29,30,31). The Hall–Kier alpha value is -3.17. The van der Waals surface area contributed by atoms with E-state index in [9.17, 15) is 9.18 Å². The van der Waals surface area contributed by atoms with Crippen molar-refractivity contribution in [2.45, 2.75) is 39.2 Å². The first-order valence-corrected chi connectivity index (χ1v) is 12.5. The van der Waals surface area contributed by atoms with Gasteiger partial charge < -0.3 is 19.7 Å². The maximum absolute atomic E-state index is 14.6. The molecule has 192 valence electrons. The van der Waals surface area contributed by atoms with E-state index in [4.69, 9.17) is 21.1 Å². The molecule has 0 spiro atoms. The van der Waals surface area contributed by atoms with Crippen molar-refractivity contribution in [1.82, 2.24) is 14.9 Å². The lowest BCUT2D eigenvalue weighted by molar-refractivity contribution is 0.142. The molecule has 36 heavy (non-hydrogen) atoms. The number of nitrogens with one attached hydrogen (secondary N) is 1. The van der Waals surface area contributed by atoms with Gasteiger partial charge in [-0.3, -0.25) is 4.90 Å². The number of carbonyl (C=O) groups is 1. The maximum atomic E-state index is 14.6. The van der Waals surface area contributed by atoms with E-state index in [0.717, 1.165) is 32.4 Å². The molecule has 1 aliphatic heterocycles. The largest absolute Gasteiger partial charge is 0.494 e. The number of aromatic nitrogens is 2. The van der Waals surface area contributed by atoms with Crippen LogP contribution in [0, 0.1) is 5.82 Å². The smallest absolute Gasteiger partial charge is 0.414 e. The van der Waals surface area contributed by atoms with Crippen LogP contribution >= 0.6 is 11.6 Å². The third-order valence-corrected chi connectivity index (χ3v) is 6.57. The average Bonchev–Trinajstić information content (AvgIpc) is 2.91. The Kier molecular flexibility index (Phi) is 8.43. The van der Waals surface area contributed by atoms with Gasteiger partial charge in [0.25, 0.3) is 0 Å². The number of hydrogen-bond acceptors (Lipinski definition) is 7. The third kappa shape index (κ3) is 5.79. The minimum absolute atomic E-state index is 0.00281. The summed E-state index contributed by atoms with van der Waals surface area (Å²) in [4.78, 5) is 25.8. The van der Waals surface area contributed by atoms with Gasteiger partial charge in [-0.25, -0.2) is 19.2 Å². The summed E-state index contributed by atoms with van der Waals surface area (Å²) in [5.41, 5.74) is 1.30. The summed E-state index contributed by atoms with van der Waals surface area (Å²) in [7, 11) is 1.55. The molecule has 8 nitrogen and oxygen atoms in total. The highest BCUT2D eigenvalue weighted by molar-refractivity contribution is 6.31. The van der Waals surface area contributed by atoms with Crippen molar-refractivity contribution in [1.29, 1.82) is 0 Å². The molecule has 0 unspecified atom stereocenters. The molecule has 0 saturated carbocycles. The van der Waals surface area contributed by atoms with Gasteiger partial charge in [0.05, 0.1) is 35.6 Å². The number of carbonyl (C=O) groups excluding carboxylic acids is 1. The van der Waals surface area contributed by atoms with Crippen LogP contribution in [-0.4, -0.2) is 60.4 Å². The number of cyclic esters (lactones) is 1. The number of benzene rings is 2. The number of nitrogens with zero attached hydrogens (tertiary/aromatic N) is 4. The first-order valence-electron chi connectivity index (χ1n) is 12.1. The normalized spacial score (nSPS) is 16.1. The van der Waals surface area contributed by atoms with Gasteiger partial charge in [0.15, 0.2) is 5.82 Å². The summed E-state index contributed by atoms with van der Waals surface area (Å²) < 4.78 is 25.8. The fourth-order valence-corrected chi connectivity index (χ4v) is 4.48. The van der Waals surface area contributed by atoms with Crippen molar-refractivity contribution < 1.29 is 18.7 Å². The Labute approximate surface area is 215 Å². The molecular weight excluding hydrogens is 485 g/mol. The molecule has 2 heterocycles. The van der Waals surface area contributed by atoms with Gasteiger partial charge in [-0.2, -0.15) is 0 Å². The number of anilines is 3. The Balaban J connectivity index is 1.70. The summed E-state index contributed by atoms with van der Waals surface area (Å²) in [6.07, 6.45) is 3.46. The predicted molar refractivity (Wildman–Crippen MR) is 140 cm³/mol. The number of hydrogen-bond donors (Lipinski definition) is 1. The second-order valence-electron chi connectivity index (χ2n) is 8.95. The second kappa shape index (κ2) is 11.7. The highest BCUT2D eigenvalue weighted by Gasteiger charge is 2.24. The number of halogens is 2. The first-order chi connectivity index (χ1) is 17.4. The zero-order valence-electron chi connectivity index (χ0n) is 20.8. The van der Waals surface area contributed by atoms with Crippen LogP contribution in [0.1, 0.15) is 33.1 Å². The molecule has 1 fully saturated rings. The number of rotatable bonds is 5. The van der Waals surface area contributed by atoms with Crippen LogP contribution in [0.25, 0.3) is 10.9 Å². The van der Waals surface area contributed by atoms with E-state index in [0.29, 0.717) is 47.4 Å². The van der Waals surface area contributed by atoms with Crippen LogP contribution in [0.5, 0.6) is 5.75 Å². The third-order valence-electron chi connectivity index (χ3n) is 6.27. The lowest BCUT2D eigenvalue weighted by Gasteiger charge is -2.26.